The Bertz CT molecular complexity index is 529. The standard InChI is InChI=1S/C20H33N3O2.HI/c1-20(2)10-5-16(6-11-20)22-19(23-17-8-14-24-15-9-17)21-12-7-18-4-3-13-25-18;/h3-4,13,16-17H,5-12,14-15H2,1-2H3,(H2,21,22,23);1H. The van der Waals surface area contributed by atoms with E-state index < -0.39 is 0 Å². The lowest BCUT2D eigenvalue weighted by atomic mass is 9.75. The highest BCUT2D eigenvalue weighted by molar-refractivity contribution is 14.0. The number of guanidine groups is 1. The highest BCUT2D eigenvalue weighted by Gasteiger charge is 2.27. The highest BCUT2D eigenvalue weighted by atomic mass is 127. The maximum atomic E-state index is 5.47. The van der Waals surface area contributed by atoms with Crippen LogP contribution in [0.3, 0.4) is 0 Å². The number of nitrogens with zero attached hydrogens (tertiary/aromatic N) is 1. The molecule has 6 heteroatoms. The van der Waals surface area contributed by atoms with Crippen molar-refractivity contribution < 1.29 is 9.15 Å². The van der Waals surface area contributed by atoms with Gasteiger partial charge in [0.25, 0.3) is 0 Å². The van der Waals surface area contributed by atoms with Crippen LogP contribution in [0.5, 0.6) is 0 Å². The van der Waals surface area contributed by atoms with E-state index in [-0.39, 0.29) is 24.0 Å². The first-order valence-corrected chi connectivity index (χ1v) is 9.78. The van der Waals surface area contributed by atoms with Crippen molar-refractivity contribution in [3.8, 4) is 0 Å². The van der Waals surface area contributed by atoms with E-state index in [9.17, 15) is 0 Å². The average molecular weight is 475 g/mol. The van der Waals surface area contributed by atoms with Crippen molar-refractivity contribution in [2.45, 2.75) is 70.9 Å². The van der Waals surface area contributed by atoms with Crippen molar-refractivity contribution in [1.29, 1.82) is 0 Å². The number of ether oxygens (including phenoxy) is 1. The molecule has 5 nitrogen and oxygen atoms in total. The lowest BCUT2D eigenvalue weighted by Crippen LogP contribution is -2.50. The number of rotatable bonds is 5. The van der Waals surface area contributed by atoms with Crippen molar-refractivity contribution in [2.75, 3.05) is 19.8 Å². The van der Waals surface area contributed by atoms with E-state index in [4.69, 9.17) is 14.1 Å². The third-order valence-corrected chi connectivity index (χ3v) is 5.45. The molecular formula is C20H34IN3O2. The number of nitrogens with one attached hydrogen (secondary N) is 2. The Labute approximate surface area is 174 Å². The van der Waals surface area contributed by atoms with Crippen LogP contribution in [-0.2, 0) is 11.2 Å². The highest BCUT2D eigenvalue weighted by Crippen LogP contribution is 2.34. The lowest BCUT2D eigenvalue weighted by Gasteiger charge is -2.36. The van der Waals surface area contributed by atoms with Crippen LogP contribution >= 0.6 is 24.0 Å². The summed E-state index contributed by atoms with van der Waals surface area (Å²) >= 11 is 0. The van der Waals surface area contributed by atoms with Gasteiger partial charge in [-0.2, -0.15) is 0 Å². The maximum Gasteiger partial charge on any atom is 0.191 e. The summed E-state index contributed by atoms with van der Waals surface area (Å²) in [4.78, 5) is 4.82. The van der Waals surface area contributed by atoms with Gasteiger partial charge in [0.2, 0.25) is 0 Å². The molecule has 26 heavy (non-hydrogen) atoms. The summed E-state index contributed by atoms with van der Waals surface area (Å²) < 4.78 is 10.9. The van der Waals surface area contributed by atoms with Gasteiger partial charge in [-0.1, -0.05) is 13.8 Å². The monoisotopic (exact) mass is 475 g/mol. The molecule has 1 aromatic heterocycles. The van der Waals surface area contributed by atoms with Crippen LogP contribution < -0.4 is 10.6 Å². The molecule has 2 N–H and O–H groups in total. The van der Waals surface area contributed by atoms with Crippen LogP contribution in [0.2, 0.25) is 0 Å². The van der Waals surface area contributed by atoms with Crippen LogP contribution in [0, 0.1) is 5.41 Å². The van der Waals surface area contributed by atoms with Crippen LogP contribution in [0.25, 0.3) is 0 Å². The SMILES string of the molecule is CC1(C)CCC(NC(=NCCc2ccco2)NC2CCOCC2)CC1.I. The average Bonchev–Trinajstić information content (AvgIpc) is 3.11. The fraction of sp³-hybridized carbons (Fsp3) is 0.750. The first-order chi connectivity index (χ1) is 12.1. The summed E-state index contributed by atoms with van der Waals surface area (Å²) in [7, 11) is 0. The zero-order chi connectivity index (χ0) is 17.5. The minimum absolute atomic E-state index is 0. The van der Waals surface area contributed by atoms with Crippen molar-refractivity contribution >= 4 is 29.9 Å². The van der Waals surface area contributed by atoms with E-state index in [0.717, 1.165) is 50.7 Å². The molecule has 2 heterocycles. The van der Waals surface area contributed by atoms with E-state index in [1.54, 1.807) is 6.26 Å². The molecule has 3 rings (SSSR count). The van der Waals surface area contributed by atoms with Crippen molar-refractivity contribution in [1.82, 2.24) is 10.6 Å². The van der Waals surface area contributed by atoms with E-state index in [0.29, 0.717) is 17.5 Å². The molecule has 1 saturated carbocycles. The van der Waals surface area contributed by atoms with Crippen LogP contribution in [0.1, 0.15) is 58.1 Å². The summed E-state index contributed by atoms with van der Waals surface area (Å²) in [5, 5.41) is 7.32. The molecule has 1 saturated heterocycles. The van der Waals surface area contributed by atoms with Gasteiger partial charge >= 0.3 is 0 Å². The van der Waals surface area contributed by atoms with Gasteiger partial charge in [-0.05, 0) is 56.1 Å². The van der Waals surface area contributed by atoms with Crippen molar-refractivity contribution in [3.05, 3.63) is 24.2 Å². The first kappa shape index (κ1) is 21.5. The molecule has 1 aliphatic heterocycles. The predicted octanol–water partition coefficient (Wildman–Crippen LogP) is 4.12. The number of aliphatic imine (C=N–C) groups is 1. The predicted molar refractivity (Wildman–Crippen MR) is 116 cm³/mol. The molecule has 0 atom stereocenters. The molecule has 1 aromatic rings. The van der Waals surface area contributed by atoms with Gasteiger partial charge in [0.05, 0.1) is 6.26 Å². The van der Waals surface area contributed by atoms with Crippen molar-refractivity contribution in [3.63, 3.8) is 0 Å². The van der Waals surface area contributed by atoms with Gasteiger partial charge < -0.3 is 19.8 Å². The molecule has 0 radical (unpaired) electrons. The van der Waals surface area contributed by atoms with Crippen LogP contribution in [0.4, 0.5) is 0 Å². The Hall–Kier alpha value is -0.760. The van der Waals surface area contributed by atoms with E-state index in [1.165, 1.54) is 25.7 Å². The van der Waals surface area contributed by atoms with E-state index in [1.807, 2.05) is 12.1 Å². The van der Waals surface area contributed by atoms with Gasteiger partial charge in [-0.3, -0.25) is 4.99 Å². The second-order valence-corrected chi connectivity index (χ2v) is 8.17. The molecule has 0 amide bonds. The number of hydrogen-bond donors (Lipinski definition) is 2. The molecule has 0 bridgehead atoms. The largest absolute Gasteiger partial charge is 0.469 e. The molecule has 0 aromatic carbocycles. The molecular weight excluding hydrogens is 441 g/mol. The second kappa shape index (κ2) is 10.5. The molecule has 1 aliphatic carbocycles. The minimum atomic E-state index is 0. The Morgan fingerprint density at radius 3 is 2.38 bits per heavy atom. The fourth-order valence-electron chi connectivity index (χ4n) is 3.64. The Morgan fingerprint density at radius 2 is 1.77 bits per heavy atom. The lowest BCUT2D eigenvalue weighted by molar-refractivity contribution is 0.0821. The third-order valence-electron chi connectivity index (χ3n) is 5.45. The molecule has 148 valence electrons. The Kier molecular flexibility index (Phi) is 8.73. The quantitative estimate of drug-likeness (QED) is 0.382. The fourth-order valence-corrected chi connectivity index (χ4v) is 3.64. The Balaban J connectivity index is 0.00000243. The third kappa shape index (κ3) is 7.10. The molecule has 2 fully saturated rings. The number of hydrogen-bond acceptors (Lipinski definition) is 3. The maximum absolute atomic E-state index is 5.47. The van der Waals surface area contributed by atoms with Gasteiger partial charge in [0.1, 0.15) is 5.76 Å². The second-order valence-electron chi connectivity index (χ2n) is 8.17. The van der Waals surface area contributed by atoms with Gasteiger partial charge in [-0.15, -0.1) is 24.0 Å². The van der Waals surface area contributed by atoms with Crippen LogP contribution in [-0.4, -0.2) is 37.8 Å². The van der Waals surface area contributed by atoms with Gasteiger partial charge in [-0.25, -0.2) is 0 Å². The zero-order valence-corrected chi connectivity index (χ0v) is 18.5. The first-order valence-electron chi connectivity index (χ1n) is 9.78. The molecule has 2 aliphatic rings. The summed E-state index contributed by atoms with van der Waals surface area (Å²) in [6.07, 6.45) is 9.67. The van der Waals surface area contributed by atoms with E-state index in [2.05, 4.69) is 24.5 Å². The normalized spacial score (nSPS) is 21.8. The molecule has 0 unspecified atom stereocenters. The van der Waals surface area contributed by atoms with E-state index >= 15 is 0 Å². The van der Waals surface area contributed by atoms with Gasteiger partial charge in [0.15, 0.2) is 5.96 Å². The summed E-state index contributed by atoms with van der Waals surface area (Å²) in [6.45, 7) is 7.18. The summed E-state index contributed by atoms with van der Waals surface area (Å²) in [5.74, 6) is 1.96. The topological polar surface area (TPSA) is 58.8 Å². The number of furan rings is 1. The minimum Gasteiger partial charge on any atom is -0.469 e. The number of halogens is 1. The zero-order valence-electron chi connectivity index (χ0n) is 16.1. The smallest absolute Gasteiger partial charge is 0.191 e. The molecule has 0 spiro atoms. The van der Waals surface area contributed by atoms with Crippen LogP contribution in [0.15, 0.2) is 27.8 Å². The Morgan fingerprint density at radius 1 is 1.12 bits per heavy atom. The van der Waals surface area contributed by atoms with Gasteiger partial charge in [0, 0.05) is 38.3 Å². The van der Waals surface area contributed by atoms with Crippen molar-refractivity contribution in [2.24, 2.45) is 10.4 Å². The summed E-state index contributed by atoms with van der Waals surface area (Å²) in [6, 6.07) is 4.94. The summed E-state index contributed by atoms with van der Waals surface area (Å²) in [5.41, 5.74) is 0.489.